The third-order valence-corrected chi connectivity index (χ3v) is 4.67. The summed E-state index contributed by atoms with van der Waals surface area (Å²) in [4.78, 5) is 6.77. The van der Waals surface area contributed by atoms with E-state index < -0.39 is 0 Å². The van der Waals surface area contributed by atoms with Crippen molar-refractivity contribution in [2.24, 2.45) is 4.99 Å². The van der Waals surface area contributed by atoms with Gasteiger partial charge < -0.3 is 20.1 Å². The molecular weight excluding hydrogens is 304 g/mol. The van der Waals surface area contributed by atoms with Gasteiger partial charge in [0.1, 0.15) is 0 Å². The van der Waals surface area contributed by atoms with Crippen LogP contribution in [0.15, 0.2) is 17.6 Å². The minimum absolute atomic E-state index is 0.386. The Labute approximate surface area is 146 Å². The van der Waals surface area contributed by atoms with E-state index in [1.54, 1.807) is 0 Å². The van der Waals surface area contributed by atoms with Gasteiger partial charge in [0, 0.05) is 59.1 Å². The van der Waals surface area contributed by atoms with Crippen LogP contribution in [0.25, 0.3) is 0 Å². The normalized spacial score (nSPS) is 21.6. The molecular formula is C18H34N4O2. The Hall–Kier alpha value is -1.11. The van der Waals surface area contributed by atoms with Gasteiger partial charge >= 0.3 is 0 Å². The fraction of sp³-hybridized carbons (Fsp3) is 0.833. The molecule has 2 heterocycles. The molecule has 0 unspecified atom stereocenters. The van der Waals surface area contributed by atoms with Gasteiger partial charge in [-0.1, -0.05) is 6.08 Å². The van der Waals surface area contributed by atoms with Crippen molar-refractivity contribution in [1.29, 1.82) is 0 Å². The smallest absolute Gasteiger partial charge is 0.191 e. The summed E-state index contributed by atoms with van der Waals surface area (Å²) in [6.07, 6.45) is 7.73. The zero-order valence-electron chi connectivity index (χ0n) is 15.1. The molecule has 0 radical (unpaired) electrons. The van der Waals surface area contributed by atoms with Crippen LogP contribution in [0.5, 0.6) is 0 Å². The van der Waals surface area contributed by atoms with E-state index in [2.05, 4.69) is 27.1 Å². The van der Waals surface area contributed by atoms with Crippen LogP contribution in [0.1, 0.15) is 32.1 Å². The number of nitrogens with zero attached hydrogens (tertiary/aromatic N) is 2. The van der Waals surface area contributed by atoms with Crippen molar-refractivity contribution in [3.05, 3.63) is 12.7 Å². The first kappa shape index (κ1) is 19.2. The molecule has 0 aromatic heterocycles. The monoisotopic (exact) mass is 338 g/mol. The SMILES string of the molecule is C=CCN1CCC(NC(=NC)NCCCOC2CCOCC2)CC1. The summed E-state index contributed by atoms with van der Waals surface area (Å²) < 4.78 is 11.2. The van der Waals surface area contributed by atoms with Crippen molar-refractivity contribution in [2.75, 3.05) is 53.0 Å². The lowest BCUT2D eigenvalue weighted by Crippen LogP contribution is -2.48. The zero-order valence-corrected chi connectivity index (χ0v) is 15.1. The molecule has 0 aliphatic carbocycles. The number of hydrogen-bond donors (Lipinski definition) is 2. The second-order valence-corrected chi connectivity index (χ2v) is 6.54. The Kier molecular flexibility index (Phi) is 9.16. The van der Waals surface area contributed by atoms with E-state index in [0.29, 0.717) is 12.1 Å². The number of aliphatic imine (C=N–C) groups is 1. The Bertz CT molecular complexity index is 375. The van der Waals surface area contributed by atoms with Crippen LogP contribution in [0.3, 0.4) is 0 Å². The largest absolute Gasteiger partial charge is 0.381 e. The molecule has 0 saturated carbocycles. The number of guanidine groups is 1. The Morgan fingerprint density at radius 1 is 1.29 bits per heavy atom. The topological polar surface area (TPSA) is 58.1 Å². The van der Waals surface area contributed by atoms with E-state index in [1.807, 2.05) is 13.1 Å². The number of hydrogen-bond acceptors (Lipinski definition) is 4. The second-order valence-electron chi connectivity index (χ2n) is 6.54. The molecule has 0 bridgehead atoms. The Morgan fingerprint density at radius 3 is 2.71 bits per heavy atom. The molecule has 0 amide bonds. The fourth-order valence-corrected chi connectivity index (χ4v) is 3.20. The highest BCUT2D eigenvalue weighted by molar-refractivity contribution is 5.79. The van der Waals surface area contributed by atoms with Crippen LogP contribution >= 0.6 is 0 Å². The molecule has 0 atom stereocenters. The van der Waals surface area contributed by atoms with E-state index in [1.165, 1.54) is 0 Å². The van der Waals surface area contributed by atoms with Gasteiger partial charge in [-0.3, -0.25) is 9.89 Å². The summed E-state index contributed by atoms with van der Waals surface area (Å²) in [6, 6.07) is 0.510. The van der Waals surface area contributed by atoms with E-state index in [9.17, 15) is 0 Å². The molecule has 2 N–H and O–H groups in total. The molecule has 2 saturated heterocycles. The molecule has 0 aromatic rings. The fourth-order valence-electron chi connectivity index (χ4n) is 3.20. The van der Waals surface area contributed by atoms with Crippen LogP contribution in [0.2, 0.25) is 0 Å². The van der Waals surface area contributed by atoms with E-state index >= 15 is 0 Å². The van der Waals surface area contributed by atoms with E-state index in [4.69, 9.17) is 9.47 Å². The molecule has 6 nitrogen and oxygen atoms in total. The summed E-state index contributed by atoms with van der Waals surface area (Å²) >= 11 is 0. The average molecular weight is 338 g/mol. The van der Waals surface area contributed by atoms with Crippen LogP contribution in [-0.4, -0.2) is 76.1 Å². The minimum Gasteiger partial charge on any atom is -0.381 e. The molecule has 2 rings (SSSR count). The maximum Gasteiger partial charge on any atom is 0.191 e. The highest BCUT2D eigenvalue weighted by atomic mass is 16.5. The Morgan fingerprint density at radius 2 is 2.04 bits per heavy atom. The predicted molar refractivity (Wildman–Crippen MR) is 98.6 cm³/mol. The van der Waals surface area contributed by atoms with Gasteiger partial charge in [-0.05, 0) is 32.1 Å². The molecule has 0 spiro atoms. The van der Waals surface area contributed by atoms with Gasteiger partial charge in [-0.15, -0.1) is 6.58 Å². The van der Waals surface area contributed by atoms with Crippen LogP contribution in [0.4, 0.5) is 0 Å². The van der Waals surface area contributed by atoms with Crippen molar-refractivity contribution in [2.45, 2.75) is 44.2 Å². The van der Waals surface area contributed by atoms with Gasteiger partial charge in [-0.25, -0.2) is 0 Å². The van der Waals surface area contributed by atoms with Crippen LogP contribution < -0.4 is 10.6 Å². The lowest BCUT2D eigenvalue weighted by Gasteiger charge is -2.32. The van der Waals surface area contributed by atoms with Gasteiger partial charge in [-0.2, -0.15) is 0 Å². The molecule has 2 aliphatic heterocycles. The number of ether oxygens (including phenoxy) is 2. The highest BCUT2D eigenvalue weighted by Crippen LogP contribution is 2.11. The Balaban J connectivity index is 1.53. The number of likely N-dealkylation sites (tertiary alicyclic amines) is 1. The standard InChI is InChI=1S/C18H34N4O2/c1-3-10-22-11-5-16(6-12-22)21-18(19-2)20-9-4-13-24-17-7-14-23-15-8-17/h3,16-17H,1,4-15H2,2H3,(H2,19,20,21). The van der Waals surface area contributed by atoms with Crippen molar-refractivity contribution in [3.63, 3.8) is 0 Å². The van der Waals surface area contributed by atoms with Crippen LogP contribution in [0, 0.1) is 0 Å². The van der Waals surface area contributed by atoms with Crippen molar-refractivity contribution in [3.8, 4) is 0 Å². The number of rotatable bonds is 8. The third-order valence-electron chi connectivity index (χ3n) is 4.67. The predicted octanol–water partition coefficient (Wildman–Crippen LogP) is 1.39. The van der Waals surface area contributed by atoms with Crippen molar-refractivity contribution < 1.29 is 9.47 Å². The summed E-state index contributed by atoms with van der Waals surface area (Å²) in [5, 5.41) is 6.93. The molecule has 0 aromatic carbocycles. The third kappa shape index (κ3) is 7.20. The first-order chi connectivity index (χ1) is 11.8. The van der Waals surface area contributed by atoms with Gasteiger partial charge in [0.2, 0.25) is 0 Å². The van der Waals surface area contributed by atoms with Crippen LogP contribution in [-0.2, 0) is 9.47 Å². The summed E-state index contributed by atoms with van der Waals surface area (Å²) in [5.41, 5.74) is 0. The van der Waals surface area contributed by atoms with Crippen molar-refractivity contribution in [1.82, 2.24) is 15.5 Å². The first-order valence-electron chi connectivity index (χ1n) is 9.31. The van der Waals surface area contributed by atoms with Crippen molar-refractivity contribution >= 4 is 5.96 Å². The minimum atomic E-state index is 0.386. The highest BCUT2D eigenvalue weighted by Gasteiger charge is 2.19. The molecule has 2 aliphatic rings. The summed E-state index contributed by atoms with van der Waals surface area (Å²) in [6.45, 7) is 10.4. The number of nitrogens with one attached hydrogen (secondary N) is 2. The number of piperidine rings is 1. The van der Waals surface area contributed by atoms with E-state index in [0.717, 1.165) is 84.1 Å². The lowest BCUT2D eigenvalue weighted by molar-refractivity contribution is -0.0320. The first-order valence-corrected chi connectivity index (χ1v) is 9.31. The maximum absolute atomic E-state index is 5.89. The lowest BCUT2D eigenvalue weighted by atomic mass is 10.1. The van der Waals surface area contributed by atoms with Gasteiger partial charge in [0.15, 0.2) is 5.96 Å². The summed E-state index contributed by atoms with van der Waals surface area (Å²) in [7, 11) is 1.83. The summed E-state index contributed by atoms with van der Waals surface area (Å²) in [5.74, 6) is 0.906. The molecule has 6 heteroatoms. The zero-order chi connectivity index (χ0) is 17.0. The van der Waals surface area contributed by atoms with E-state index in [-0.39, 0.29) is 0 Å². The maximum atomic E-state index is 5.89. The molecule has 24 heavy (non-hydrogen) atoms. The average Bonchev–Trinajstić information content (AvgIpc) is 2.63. The quantitative estimate of drug-likeness (QED) is 0.303. The molecule has 2 fully saturated rings. The molecule has 138 valence electrons. The van der Waals surface area contributed by atoms with Gasteiger partial charge in [0.25, 0.3) is 0 Å². The van der Waals surface area contributed by atoms with Gasteiger partial charge in [0.05, 0.1) is 6.10 Å². The second kappa shape index (κ2) is 11.4.